The first-order valence-electron chi connectivity index (χ1n) is 4.76. The maximum Gasteiger partial charge on any atom is 0.239 e. The largest absolute Gasteiger partial charge is 0.394 e. The van der Waals surface area contributed by atoms with E-state index < -0.39 is 6.04 Å². The summed E-state index contributed by atoms with van der Waals surface area (Å²) in [5.41, 5.74) is 5.52. The normalized spacial score (nSPS) is 30.5. The molecule has 1 aliphatic rings. The fourth-order valence-electron chi connectivity index (χ4n) is 1.88. The number of carbonyl (C=O) groups is 1. The van der Waals surface area contributed by atoms with Gasteiger partial charge < -0.3 is 15.7 Å². The van der Waals surface area contributed by atoms with E-state index >= 15 is 0 Å². The molecule has 4 nitrogen and oxygen atoms in total. The molecule has 0 spiro atoms. The molecule has 0 saturated carbocycles. The number of rotatable bonds is 2. The Labute approximate surface area is 79.5 Å². The zero-order valence-corrected chi connectivity index (χ0v) is 8.23. The predicted molar refractivity (Wildman–Crippen MR) is 52.9 cm³/mol. The van der Waals surface area contributed by atoms with Gasteiger partial charge in [-0.3, -0.25) is 4.79 Å². The van der Waals surface area contributed by atoms with E-state index in [0.29, 0.717) is 0 Å². The maximum absolute atomic E-state index is 11.6. The van der Waals surface area contributed by atoms with Gasteiger partial charge in [0.25, 0.3) is 0 Å². The molecule has 0 aromatic heterocycles. The number of hydrogen-bond acceptors (Lipinski definition) is 3. The van der Waals surface area contributed by atoms with E-state index in [2.05, 4.69) is 0 Å². The SMILES string of the molecule is BC1CCC(CO)N1C(=O)[C@@H](C)N. The molecule has 0 aromatic rings. The van der Waals surface area contributed by atoms with Crippen molar-refractivity contribution in [3.05, 3.63) is 0 Å². The van der Waals surface area contributed by atoms with Crippen molar-refractivity contribution in [3.8, 4) is 0 Å². The summed E-state index contributed by atoms with van der Waals surface area (Å²) in [7, 11) is 2.00. The van der Waals surface area contributed by atoms with Crippen molar-refractivity contribution < 1.29 is 9.90 Å². The highest BCUT2D eigenvalue weighted by Gasteiger charge is 2.34. The molecule has 3 atom stereocenters. The minimum absolute atomic E-state index is 0.0199. The van der Waals surface area contributed by atoms with Crippen LogP contribution in [0, 0.1) is 0 Å². The molecule has 0 aliphatic carbocycles. The van der Waals surface area contributed by atoms with Crippen molar-refractivity contribution in [3.63, 3.8) is 0 Å². The van der Waals surface area contributed by atoms with Gasteiger partial charge in [0.05, 0.1) is 18.7 Å². The van der Waals surface area contributed by atoms with Crippen molar-refractivity contribution in [2.24, 2.45) is 5.73 Å². The Morgan fingerprint density at radius 2 is 2.38 bits per heavy atom. The average Bonchev–Trinajstić information content (AvgIpc) is 2.45. The quantitative estimate of drug-likeness (QED) is 0.501. The van der Waals surface area contributed by atoms with Gasteiger partial charge in [0.2, 0.25) is 5.91 Å². The van der Waals surface area contributed by atoms with Crippen LogP contribution in [-0.2, 0) is 4.79 Å². The van der Waals surface area contributed by atoms with Crippen LogP contribution in [0.1, 0.15) is 19.8 Å². The van der Waals surface area contributed by atoms with Gasteiger partial charge in [-0.1, -0.05) is 0 Å². The molecule has 74 valence electrons. The summed E-state index contributed by atoms with van der Waals surface area (Å²) in [6.07, 6.45) is 1.85. The second-order valence-corrected chi connectivity index (χ2v) is 3.80. The molecule has 0 radical (unpaired) electrons. The van der Waals surface area contributed by atoms with Crippen LogP contribution in [0.15, 0.2) is 0 Å². The van der Waals surface area contributed by atoms with E-state index in [9.17, 15) is 4.79 Å². The van der Waals surface area contributed by atoms with Crippen LogP contribution in [-0.4, -0.2) is 48.4 Å². The van der Waals surface area contributed by atoms with Crippen LogP contribution >= 0.6 is 0 Å². The zero-order valence-electron chi connectivity index (χ0n) is 8.23. The molecule has 5 heteroatoms. The maximum atomic E-state index is 11.6. The lowest BCUT2D eigenvalue weighted by molar-refractivity contribution is -0.134. The van der Waals surface area contributed by atoms with Gasteiger partial charge >= 0.3 is 0 Å². The van der Waals surface area contributed by atoms with Crippen LogP contribution in [0.5, 0.6) is 0 Å². The van der Waals surface area contributed by atoms with Gasteiger partial charge in [-0.05, 0) is 19.8 Å². The molecule has 2 unspecified atom stereocenters. The van der Waals surface area contributed by atoms with Gasteiger partial charge in [0, 0.05) is 5.94 Å². The molecule has 1 aliphatic heterocycles. The number of amides is 1. The minimum Gasteiger partial charge on any atom is -0.394 e. The fourth-order valence-corrected chi connectivity index (χ4v) is 1.88. The summed E-state index contributed by atoms with van der Waals surface area (Å²) in [5, 5.41) is 9.05. The Balaban J connectivity index is 2.69. The molecule has 1 rings (SSSR count). The summed E-state index contributed by atoms with van der Waals surface area (Å²) >= 11 is 0. The Morgan fingerprint density at radius 1 is 1.77 bits per heavy atom. The molecule has 0 bridgehead atoms. The summed E-state index contributed by atoms with van der Waals surface area (Å²) in [6.45, 7) is 1.73. The minimum atomic E-state index is -0.463. The highest BCUT2D eigenvalue weighted by molar-refractivity contribution is 6.13. The van der Waals surface area contributed by atoms with Gasteiger partial charge in [-0.25, -0.2) is 0 Å². The van der Waals surface area contributed by atoms with Crippen LogP contribution in [0.2, 0.25) is 0 Å². The lowest BCUT2D eigenvalue weighted by Crippen LogP contribution is -2.49. The highest BCUT2D eigenvalue weighted by atomic mass is 16.3. The first kappa shape index (κ1) is 10.5. The fraction of sp³-hybridized carbons (Fsp3) is 0.875. The molecule has 1 heterocycles. The Morgan fingerprint density at radius 3 is 2.85 bits per heavy atom. The third kappa shape index (κ3) is 2.03. The third-order valence-electron chi connectivity index (χ3n) is 2.64. The molecular formula is C8H17BN2O2. The Bertz CT molecular complexity index is 199. The Kier molecular flexibility index (Phi) is 3.33. The van der Waals surface area contributed by atoms with Crippen molar-refractivity contribution in [1.82, 2.24) is 4.90 Å². The second-order valence-electron chi connectivity index (χ2n) is 3.80. The number of aliphatic hydroxyl groups is 1. The summed E-state index contributed by atoms with van der Waals surface area (Å²) in [4.78, 5) is 13.3. The molecule has 3 N–H and O–H groups in total. The van der Waals surface area contributed by atoms with Crippen LogP contribution in [0.25, 0.3) is 0 Å². The van der Waals surface area contributed by atoms with Gasteiger partial charge in [0.1, 0.15) is 7.85 Å². The van der Waals surface area contributed by atoms with E-state index in [4.69, 9.17) is 10.8 Å². The lowest BCUT2D eigenvalue weighted by Gasteiger charge is -2.29. The van der Waals surface area contributed by atoms with Crippen molar-refractivity contribution in [2.45, 2.75) is 37.8 Å². The topological polar surface area (TPSA) is 66.6 Å². The van der Waals surface area contributed by atoms with E-state index in [1.54, 1.807) is 11.8 Å². The molecule has 0 aromatic carbocycles. The van der Waals surface area contributed by atoms with Crippen LogP contribution < -0.4 is 5.73 Å². The molecule has 1 amide bonds. The van der Waals surface area contributed by atoms with Crippen LogP contribution in [0.3, 0.4) is 0 Å². The number of carbonyl (C=O) groups excluding carboxylic acids is 1. The van der Waals surface area contributed by atoms with Crippen molar-refractivity contribution in [2.75, 3.05) is 6.61 Å². The molecule has 1 fully saturated rings. The van der Waals surface area contributed by atoms with E-state index in [1.165, 1.54) is 0 Å². The smallest absolute Gasteiger partial charge is 0.239 e. The van der Waals surface area contributed by atoms with Crippen molar-refractivity contribution >= 4 is 13.8 Å². The zero-order chi connectivity index (χ0) is 10.0. The van der Waals surface area contributed by atoms with Gasteiger partial charge in [-0.15, -0.1) is 0 Å². The molecule has 1 saturated heterocycles. The number of nitrogens with zero attached hydrogens (tertiary/aromatic N) is 1. The number of aliphatic hydroxyl groups excluding tert-OH is 1. The summed E-state index contributed by atoms with van der Waals surface area (Å²) in [5.74, 6) is 0.166. The number of likely N-dealkylation sites (tertiary alicyclic amines) is 1. The standard InChI is InChI=1S/C8H17BN2O2/c1-5(10)8(13)11-6(4-12)2-3-7(11)9/h5-7,12H,2-4,9-10H2,1H3/t5-,6?,7?/m1/s1. The highest BCUT2D eigenvalue weighted by Crippen LogP contribution is 2.22. The van der Waals surface area contributed by atoms with Gasteiger partial charge in [-0.2, -0.15) is 0 Å². The average molecular weight is 184 g/mol. The number of nitrogens with two attached hydrogens (primary N) is 1. The third-order valence-corrected chi connectivity index (χ3v) is 2.64. The summed E-state index contributed by atoms with van der Waals surface area (Å²) < 4.78 is 0. The van der Waals surface area contributed by atoms with Crippen molar-refractivity contribution in [1.29, 1.82) is 0 Å². The summed E-state index contributed by atoms with van der Waals surface area (Å²) in [6, 6.07) is -0.483. The molecule has 13 heavy (non-hydrogen) atoms. The van der Waals surface area contributed by atoms with E-state index in [1.807, 2.05) is 7.85 Å². The van der Waals surface area contributed by atoms with E-state index in [0.717, 1.165) is 12.8 Å². The molecular weight excluding hydrogens is 167 g/mol. The second kappa shape index (κ2) is 4.11. The first-order chi connectivity index (χ1) is 6.07. The van der Waals surface area contributed by atoms with E-state index in [-0.39, 0.29) is 24.5 Å². The number of hydrogen-bond donors (Lipinski definition) is 2. The Hall–Kier alpha value is -0.545. The monoisotopic (exact) mass is 184 g/mol. The van der Waals surface area contributed by atoms with Crippen LogP contribution in [0.4, 0.5) is 0 Å². The first-order valence-corrected chi connectivity index (χ1v) is 4.76. The van der Waals surface area contributed by atoms with Gasteiger partial charge in [0.15, 0.2) is 0 Å². The lowest BCUT2D eigenvalue weighted by atomic mass is 9.94. The predicted octanol–water partition coefficient (Wildman–Crippen LogP) is -1.72.